The number of fused-ring (bicyclic) bond motifs is 7. The van der Waals surface area contributed by atoms with Crippen molar-refractivity contribution in [2.75, 3.05) is 0 Å². The zero-order chi connectivity index (χ0) is 99.0. The maximum absolute atomic E-state index is 15.1. The Kier molecular flexibility index (Phi) is 28.0. The van der Waals surface area contributed by atoms with Crippen molar-refractivity contribution in [3.63, 3.8) is 0 Å². The second kappa shape index (κ2) is 42.7. The molecule has 0 saturated heterocycles. The molecule has 3 aromatic heterocycles. The highest BCUT2D eigenvalue weighted by Crippen LogP contribution is 2.60. The van der Waals surface area contributed by atoms with E-state index in [0.29, 0.717) is 0 Å². The molecule has 0 unspecified atom stereocenters. The monoisotopic (exact) mass is 2020 g/mol. The van der Waals surface area contributed by atoms with Crippen molar-refractivity contribution in [1.82, 2.24) is 9.97 Å². The van der Waals surface area contributed by atoms with Gasteiger partial charge in [-0.3, -0.25) is 9.97 Å². The number of thiophene rings is 1. The predicted octanol–water partition coefficient (Wildman–Crippen LogP) is 27.2. The van der Waals surface area contributed by atoms with Gasteiger partial charge in [-0.2, -0.15) is 0 Å². The molecule has 0 fully saturated rings. The summed E-state index contributed by atoms with van der Waals surface area (Å²) < 4.78 is 39.3. The van der Waals surface area contributed by atoms with Gasteiger partial charge in [0.25, 0.3) is 0 Å². The first-order valence-corrected chi connectivity index (χ1v) is 63.0. The van der Waals surface area contributed by atoms with Crippen molar-refractivity contribution in [2.24, 2.45) is 0 Å². The molecule has 146 heavy (non-hydrogen) atoms. The van der Waals surface area contributed by atoms with Gasteiger partial charge in [-0.25, -0.2) is 0 Å². The first-order valence-electron chi connectivity index (χ1n) is 49.8. The molecule has 0 spiro atoms. The third-order valence-electron chi connectivity index (χ3n) is 28.0. The quantitative estimate of drug-likeness (QED) is 0.0407. The fourth-order valence-corrected chi connectivity index (χ4v) is 38.2. The molecule has 0 saturated carbocycles. The maximum Gasteiger partial charge on any atom is 0.171 e. The van der Waals surface area contributed by atoms with Crippen LogP contribution in [0, 0.1) is 6.92 Å². The summed E-state index contributed by atoms with van der Waals surface area (Å²) in [6.07, 6.45) is 9.00. The number of hydrogen-bond donors (Lipinski definition) is 0. The lowest BCUT2D eigenvalue weighted by Crippen LogP contribution is -2.37. The molecule has 1 aliphatic carbocycles. The lowest BCUT2D eigenvalue weighted by atomic mass is 9.66. The Morgan fingerprint density at radius 1 is 0.295 bits per heavy atom. The summed E-state index contributed by atoms with van der Waals surface area (Å²) in [4.78, 5) is 9.34. The summed E-state index contributed by atoms with van der Waals surface area (Å²) in [6, 6.07) is 182. The molecule has 0 amide bonds. The molecule has 704 valence electrons. The first-order chi connectivity index (χ1) is 71.7. The summed E-state index contributed by atoms with van der Waals surface area (Å²) in [5, 5.41) is 25.0. The van der Waals surface area contributed by atoms with Crippen LogP contribution in [-0.2, 0) is 14.5 Å². The summed E-state index contributed by atoms with van der Waals surface area (Å²) in [6.45, 7) is 9.59. The average Bonchev–Trinajstić information content (AvgIpc) is 1.52. The molecule has 0 N–H and O–H groups in total. The molecular formula is C133H106N2O3P4SSi3. The van der Waals surface area contributed by atoms with Gasteiger partial charge in [0, 0.05) is 85.8 Å². The Morgan fingerprint density at radius 3 is 0.966 bits per heavy atom. The van der Waals surface area contributed by atoms with Crippen LogP contribution in [0.4, 0.5) is 0 Å². The summed E-state index contributed by atoms with van der Waals surface area (Å²) in [5.74, 6) is 1.81. The number of ether oxygens (including phenoxy) is 1. The Morgan fingerprint density at radius 2 is 0.610 bits per heavy atom. The molecule has 25 rings (SSSR count). The van der Waals surface area contributed by atoms with E-state index < -0.39 is 57.2 Å². The van der Waals surface area contributed by atoms with Gasteiger partial charge in [0.15, 0.2) is 14.3 Å². The van der Waals surface area contributed by atoms with E-state index in [1.165, 1.54) is 81.9 Å². The minimum atomic E-state index is -3.12. The lowest BCUT2D eigenvalue weighted by Gasteiger charge is -2.35. The highest BCUT2D eigenvalue weighted by Gasteiger charge is 2.51. The number of allylic oxidation sites excluding steroid dienone is 6. The number of pyridine rings is 2. The van der Waals surface area contributed by atoms with Gasteiger partial charge in [-0.15, -0.1) is 11.3 Å². The molecule has 5 nitrogen and oxygen atoms in total. The average molecular weight is 2020 g/mol. The highest BCUT2D eigenvalue weighted by molar-refractivity contribution is 7.86. The minimum Gasteiger partial charge on any atom is -0.456 e. The van der Waals surface area contributed by atoms with Crippen LogP contribution < -0.4 is 73.6 Å². The molecular weight excluding hydrogens is 1910 g/mol. The van der Waals surface area contributed by atoms with Crippen molar-refractivity contribution < 1.29 is 13.9 Å². The van der Waals surface area contributed by atoms with Gasteiger partial charge in [-0.1, -0.05) is 524 Å². The SMILES string of the molecule is Cc1cccc(C2=CC3=C([SiH2]2)C2=C(C=C(c4cccc([Si](C)(C)C)c4)[SiH2]2)C3(c2ccccc2)c2ccccc2)c1.O=P(c1ccccc1)(c1ccccc1)c1ccc2sc3ccc(P(=O)(c4ccccc4)c4ccccc4)cc3c2c1.c1ccc(-c2ccnc3c2ccc2c(-c4ccccc4)ccnc23)cc1.c1ccc(P(c2ccccc2)c2ccccc2Oc2ccccc2P(c2ccccc2)c2ccccc2)cc1. The van der Waals surface area contributed by atoms with E-state index in [1.807, 2.05) is 158 Å². The van der Waals surface area contributed by atoms with Gasteiger partial charge in [0.1, 0.15) is 11.5 Å². The second-order valence-corrected chi connectivity index (χ2v) is 57.8. The number of rotatable bonds is 21. The van der Waals surface area contributed by atoms with Crippen molar-refractivity contribution in [1.29, 1.82) is 0 Å². The number of para-hydroxylation sites is 2. The minimum absolute atomic E-state index is 0.239. The van der Waals surface area contributed by atoms with E-state index in [0.717, 1.165) is 85.3 Å². The van der Waals surface area contributed by atoms with Crippen LogP contribution in [0.5, 0.6) is 11.5 Å². The van der Waals surface area contributed by atoms with Gasteiger partial charge < -0.3 is 13.9 Å². The normalized spacial score (nSPS) is 13.5. The predicted molar refractivity (Wildman–Crippen MR) is 638 cm³/mol. The fraction of sp³-hybridized carbons (Fsp3) is 0.0376. The van der Waals surface area contributed by atoms with E-state index >= 15 is 9.13 Å². The Bertz CT molecular complexity index is 8150. The molecule has 19 aromatic carbocycles. The van der Waals surface area contributed by atoms with E-state index in [2.05, 4.69) is 425 Å². The largest absolute Gasteiger partial charge is 0.456 e. The smallest absolute Gasteiger partial charge is 0.171 e. The van der Waals surface area contributed by atoms with Gasteiger partial charge >= 0.3 is 0 Å². The third-order valence-corrected chi connectivity index (χ3v) is 47.1. The topological polar surface area (TPSA) is 69.2 Å². The Labute approximate surface area is 867 Å². The second-order valence-electron chi connectivity index (χ2n) is 38.0. The van der Waals surface area contributed by atoms with Crippen LogP contribution in [0.2, 0.25) is 19.6 Å². The highest BCUT2D eigenvalue weighted by atomic mass is 32.1. The van der Waals surface area contributed by atoms with Crippen LogP contribution in [0.1, 0.15) is 27.8 Å². The van der Waals surface area contributed by atoms with Gasteiger partial charge in [0.05, 0.1) is 43.6 Å². The van der Waals surface area contributed by atoms with E-state index in [4.69, 9.17) is 4.74 Å². The summed E-state index contributed by atoms with van der Waals surface area (Å²) in [7, 11) is -10.4. The molecule has 0 bridgehead atoms. The number of benzene rings is 19. The maximum atomic E-state index is 15.1. The van der Waals surface area contributed by atoms with Crippen LogP contribution in [-0.4, -0.2) is 37.1 Å². The van der Waals surface area contributed by atoms with Gasteiger partial charge in [-0.05, 0) is 160 Å². The molecule has 0 radical (unpaired) electrons. The molecule has 22 aromatic rings. The first kappa shape index (κ1) is 95.8. The molecule has 0 atom stereocenters. The van der Waals surface area contributed by atoms with Crippen molar-refractivity contribution >= 4 is 190 Å². The Hall–Kier alpha value is -15.0. The molecule has 2 aliphatic heterocycles. The fourth-order valence-electron chi connectivity index (χ4n) is 21.0. The van der Waals surface area contributed by atoms with Crippen molar-refractivity contribution in [2.45, 2.75) is 32.0 Å². The molecule has 5 heterocycles. The number of aryl methyl sites for hydroxylation is 1. The number of nitrogens with zero attached hydrogens (tertiary/aromatic N) is 2. The van der Waals surface area contributed by atoms with E-state index in [9.17, 15) is 0 Å². The number of hydrogen-bond acceptors (Lipinski definition) is 6. The van der Waals surface area contributed by atoms with Crippen LogP contribution in [0.25, 0.3) is 74.6 Å². The lowest BCUT2D eigenvalue weighted by molar-refractivity contribution is 0.490. The molecule has 3 aliphatic rings. The van der Waals surface area contributed by atoms with Crippen LogP contribution in [0.3, 0.4) is 0 Å². The standard InChI is InChI=1S/C37H36Si3.C36H26O2P2S.C36H28OP2.C24H16N2/c1-25-13-11-14-26(21-25)33-23-31-35(38-33)36-32(24-34(39-36)27-15-12-20-30(22-27)40(2,3)4)37(31,28-16-7-5-8-17-28)29-18-9-6-10-19-29;37-39(27-13-5-1-6-14-27,28-15-7-2-8-16-28)31-21-23-35-33(25-31)34-26-32(22-24-36(34)41-35)40(38,29-17-9-3-10-18-29)30-19-11-4-12-20-30;1-5-17-29(18-6-1)38(30-19-7-2-8-20-30)35-27-15-13-25-33(35)37-34-26-14-16-28-36(34)39(31-21-9-3-10-22-31)32-23-11-4-12-24-32;1-3-7-17(8-4-1)19-13-15-25-23-21(19)11-12-22-20(14-16-26-24(22)23)18-9-5-2-6-10-18/h5-24H,38-39H2,1-4H3;1-26H;1-28H;1-16H. The van der Waals surface area contributed by atoms with Gasteiger partial charge in [0.2, 0.25) is 0 Å². The number of aromatic nitrogens is 2. The zero-order valence-corrected chi connectivity index (χ0v) is 89.9. The van der Waals surface area contributed by atoms with Crippen LogP contribution in [0.15, 0.2) is 568 Å². The summed E-state index contributed by atoms with van der Waals surface area (Å²) >= 11 is 1.70. The van der Waals surface area contributed by atoms with E-state index in [-0.39, 0.29) is 5.41 Å². The zero-order valence-electron chi connectivity index (χ0n) is 81.7. The third kappa shape index (κ3) is 19.2. The van der Waals surface area contributed by atoms with Crippen LogP contribution >= 0.6 is 41.5 Å². The summed E-state index contributed by atoms with van der Waals surface area (Å²) in [5.41, 5.74) is 16.6. The molecule has 13 heteroatoms. The van der Waals surface area contributed by atoms with Crippen molar-refractivity contribution in [3.05, 3.63) is 596 Å². The van der Waals surface area contributed by atoms with E-state index in [1.54, 1.807) is 48.5 Å². The van der Waals surface area contributed by atoms with Crippen molar-refractivity contribution in [3.8, 4) is 33.8 Å². The Balaban J connectivity index is 0.000000112.